The van der Waals surface area contributed by atoms with E-state index in [9.17, 15) is 9.18 Å². The number of halogens is 1. The number of aromatic nitrogens is 2. The van der Waals surface area contributed by atoms with Crippen molar-refractivity contribution in [3.8, 4) is 17.7 Å². The standard InChI is InChI=1S/C15H8FN3O2/c16-12-7-11(5-4-10(12)8-17)21-15-13(9-20)19-6-2-1-3-14(19)18-15/h1-7,9H. The van der Waals surface area contributed by atoms with Crippen molar-refractivity contribution in [3.05, 3.63) is 59.7 Å². The number of hydrogen-bond donors (Lipinski definition) is 0. The van der Waals surface area contributed by atoms with Gasteiger partial charge in [0, 0.05) is 12.3 Å². The monoisotopic (exact) mass is 281 g/mol. The Bertz CT molecular complexity index is 880. The van der Waals surface area contributed by atoms with Crippen LogP contribution in [0.5, 0.6) is 11.6 Å². The number of fused-ring (bicyclic) bond motifs is 1. The molecule has 5 nitrogen and oxygen atoms in total. The fourth-order valence-electron chi connectivity index (χ4n) is 1.94. The van der Waals surface area contributed by atoms with Crippen LogP contribution in [0.25, 0.3) is 5.65 Å². The van der Waals surface area contributed by atoms with E-state index in [4.69, 9.17) is 10.00 Å². The summed E-state index contributed by atoms with van der Waals surface area (Å²) >= 11 is 0. The summed E-state index contributed by atoms with van der Waals surface area (Å²) in [5.74, 6) is -0.440. The van der Waals surface area contributed by atoms with Gasteiger partial charge in [0.1, 0.15) is 23.3 Å². The van der Waals surface area contributed by atoms with E-state index in [0.717, 1.165) is 6.07 Å². The molecule has 3 rings (SSSR count). The lowest BCUT2D eigenvalue weighted by molar-refractivity contribution is 0.111. The molecule has 0 aliphatic rings. The fourth-order valence-corrected chi connectivity index (χ4v) is 1.94. The molecule has 0 amide bonds. The molecule has 0 unspecified atom stereocenters. The molecular formula is C15H8FN3O2. The molecule has 2 aromatic heterocycles. The van der Waals surface area contributed by atoms with Gasteiger partial charge in [0.25, 0.3) is 0 Å². The van der Waals surface area contributed by atoms with Crippen molar-refractivity contribution < 1.29 is 13.9 Å². The van der Waals surface area contributed by atoms with Crippen molar-refractivity contribution in [1.29, 1.82) is 5.26 Å². The topological polar surface area (TPSA) is 67.4 Å². The average molecular weight is 281 g/mol. The Morgan fingerprint density at radius 1 is 1.33 bits per heavy atom. The third kappa shape index (κ3) is 2.21. The average Bonchev–Trinajstić information content (AvgIpc) is 2.84. The van der Waals surface area contributed by atoms with E-state index in [-0.39, 0.29) is 22.9 Å². The third-order valence-corrected chi connectivity index (χ3v) is 2.92. The number of ether oxygens (including phenoxy) is 1. The molecule has 0 bridgehead atoms. The number of carbonyl (C=O) groups is 1. The first-order valence-electron chi connectivity index (χ1n) is 6.02. The molecule has 0 spiro atoms. The van der Waals surface area contributed by atoms with E-state index in [1.54, 1.807) is 34.9 Å². The molecule has 0 saturated carbocycles. The molecule has 1 aromatic carbocycles. The summed E-state index contributed by atoms with van der Waals surface area (Å²) in [4.78, 5) is 15.4. The second-order valence-corrected chi connectivity index (χ2v) is 4.20. The second kappa shape index (κ2) is 5.06. The maximum atomic E-state index is 13.5. The molecule has 0 aliphatic carbocycles. The summed E-state index contributed by atoms with van der Waals surface area (Å²) in [5.41, 5.74) is 0.701. The highest BCUT2D eigenvalue weighted by atomic mass is 19.1. The lowest BCUT2D eigenvalue weighted by atomic mass is 10.2. The van der Waals surface area contributed by atoms with E-state index in [0.29, 0.717) is 11.9 Å². The number of hydrogen-bond acceptors (Lipinski definition) is 4. The number of nitriles is 1. The van der Waals surface area contributed by atoms with Gasteiger partial charge in [-0.15, -0.1) is 0 Å². The molecule has 3 aromatic rings. The van der Waals surface area contributed by atoms with Crippen molar-refractivity contribution in [2.75, 3.05) is 0 Å². The quantitative estimate of drug-likeness (QED) is 0.692. The summed E-state index contributed by atoms with van der Waals surface area (Å²) < 4.78 is 20.6. The number of pyridine rings is 1. The van der Waals surface area contributed by atoms with Gasteiger partial charge in [-0.3, -0.25) is 9.20 Å². The molecule has 6 heteroatoms. The first-order valence-corrected chi connectivity index (χ1v) is 6.02. The SMILES string of the molecule is N#Cc1ccc(Oc2nc3ccccn3c2C=O)cc1F. The van der Waals surface area contributed by atoms with Crippen LogP contribution >= 0.6 is 0 Å². The highest BCUT2D eigenvalue weighted by Crippen LogP contribution is 2.26. The van der Waals surface area contributed by atoms with Crippen molar-refractivity contribution in [3.63, 3.8) is 0 Å². The summed E-state index contributed by atoms with van der Waals surface area (Å²) in [6.45, 7) is 0. The molecular weight excluding hydrogens is 273 g/mol. The van der Waals surface area contributed by atoms with E-state index in [2.05, 4.69) is 4.98 Å². The van der Waals surface area contributed by atoms with Crippen LogP contribution < -0.4 is 4.74 Å². The highest BCUT2D eigenvalue weighted by molar-refractivity contribution is 5.78. The molecule has 0 fully saturated rings. The van der Waals surface area contributed by atoms with Crippen molar-refractivity contribution in [1.82, 2.24) is 9.38 Å². The molecule has 2 heterocycles. The lowest BCUT2D eigenvalue weighted by Gasteiger charge is -2.03. The zero-order valence-electron chi connectivity index (χ0n) is 10.7. The first-order chi connectivity index (χ1) is 10.2. The van der Waals surface area contributed by atoms with Crippen LogP contribution in [0.4, 0.5) is 4.39 Å². The van der Waals surface area contributed by atoms with E-state index < -0.39 is 5.82 Å². The minimum Gasteiger partial charge on any atom is -0.437 e. The minimum absolute atomic E-state index is 0.0760. The Hall–Kier alpha value is -3.20. The third-order valence-electron chi connectivity index (χ3n) is 2.92. The van der Waals surface area contributed by atoms with Gasteiger partial charge in [-0.1, -0.05) is 6.07 Å². The number of rotatable bonds is 3. The van der Waals surface area contributed by atoms with Gasteiger partial charge in [-0.05, 0) is 24.3 Å². The molecule has 0 atom stereocenters. The fraction of sp³-hybridized carbons (Fsp3) is 0. The zero-order chi connectivity index (χ0) is 14.8. The van der Waals surface area contributed by atoms with Gasteiger partial charge in [0.2, 0.25) is 5.88 Å². The Morgan fingerprint density at radius 3 is 2.90 bits per heavy atom. The Morgan fingerprint density at radius 2 is 2.19 bits per heavy atom. The van der Waals surface area contributed by atoms with Crippen molar-refractivity contribution >= 4 is 11.9 Å². The van der Waals surface area contributed by atoms with Crippen LogP contribution in [-0.4, -0.2) is 15.7 Å². The van der Waals surface area contributed by atoms with Crippen molar-refractivity contribution in [2.45, 2.75) is 0 Å². The van der Waals surface area contributed by atoms with Gasteiger partial charge < -0.3 is 4.74 Å². The summed E-state index contributed by atoms with van der Waals surface area (Å²) in [7, 11) is 0. The molecule has 0 aliphatic heterocycles. The number of carbonyl (C=O) groups excluding carboxylic acids is 1. The Balaban J connectivity index is 2.04. The molecule has 102 valence electrons. The lowest BCUT2D eigenvalue weighted by Crippen LogP contribution is -1.93. The maximum Gasteiger partial charge on any atom is 0.249 e. The van der Waals surface area contributed by atoms with E-state index in [1.807, 2.05) is 0 Å². The minimum atomic E-state index is -0.689. The number of nitrogens with zero attached hydrogens (tertiary/aromatic N) is 3. The van der Waals surface area contributed by atoms with Gasteiger partial charge in [-0.25, -0.2) is 4.39 Å². The highest BCUT2D eigenvalue weighted by Gasteiger charge is 2.14. The smallest absolute Gasteiger partial charge is 0.249 e. The van der Waals surface area contributed by atoms with Gasteiger partial charge in [-0.2, -0.15) is 10.2 Å². The van der Waals surface area contributed by atoms with Crippen molar-refractivity contribution in [2.24, 2.45) is 0 Å². The Labute approximate surface area is 118 Å². The largest absolute Gasteiger partial charge is 0.437 e. The molecule has 0 saturated heterocycles. The van der Waals surface area contributed by atoms with Crippen LogP contribution in [0.15, 0.2) is 42.6 Å². The molecule has 0 radical (unpaired) electrons. The summed E-state index contributed by atoms with van der Waals surface area (Å²) in [6, 6.07) is 10.8. The molecule has 0 N–H and O–H groups in total. The Kier molecular flexibility index (Phi) is 3.09. The van der Waals surface area contributed by atoms with E-state index in [1.165, 1.54) is 12.1 Å². The summed E-state index contributed by atoms with van der Waals surface area (Å²) in [6.07, 6.45) is 2.30. The van der Waals surface area contributed by atoms with Crippen LogP contribution in [0.3, 0.4) is 0 Å². The predicted molar refractivity (Wildman–Crippen MR) is 71.8 cm³/mol. The van der Waals surface area contributed by atoms with E-state index >= 15 is 0 Å². The summed E-state index contributed by atoms with van der Waals surface area (Å²) in [5, 5.41) is 8.68. The second-order valence-electron chi connectivity index (χ2n) is 4.20. The number of aldehydes is 1. The van der Waals surface area contributed by atoms with Gasteiger partial charge in [0.15, 0.2) is 12.0 Å². The predicted octanol–water partition coefficient (Wildman–Crippen LogP) is 2.95. The van der Waals surface area contributed by atoms with Crippen LogP contribution in [0, 0.1) is 17.1 Å². The van der Waals surface area contributed by atoms with Crippen LogP contribution in [-0.2, 0) is 0 Å². The number of benzene rings is 1. The zero-order valence-corrected chi connectivity index (χ0v) is 10.7. The van der Waals surface area contributed by atoms with Crippen LogP contribution in [0.2, 0.25) is 0 Å². The molecule has 21 heavy (non-hydrogen) atoms. The maximum absolute atomic E-state index is 13.5. The van der Waals surface area contributed by atoms with Crippen LogP contribution in [0.1, 0.15) is 16.1 Å². The number of imidazole rings is 1. The van der Waals surface area contributed by atoms with Gasteiger partial charge in [0.05, 0.1) is 5.56 Å². The normalized spacial score (nSPS) is 10.3. The first kappa shape index (κ1) is 12.8. The van der Waals surface area contributed by atoms with Gasteiger partial charge >= 0.3 is 0 Å².